The van der Waals surface area contributed by atoms with Gasteiger partial charge in [0, 0.05) is 25.7 Å². The lowest BCUT2D eigenvalue weighted by molar-refractivity contribution is 0.195. The topological polar surface area (TPSA) is 69.6 Å². The molecule has 0 bridgehead atoms. The molecule has 1 aliphatic carbocycles. The second kappa shape index (κ2) is 6.52. The van der Waals surface area contributed by atoms with Gasteiger partial charge in [-0.1, -0.05) is 6.42 Å². The maximum Gasteiger partial charge on any atom is 0.211 e. The molecule has 0 aromatic rings. The van der Waals surface area contributed by atoms with E-state index in [-0.39, 0.29) is 6.61 Å². The third-order valence-electron chi connectivity index (χ3n) is 4.51. The molecule has 2 fully saturated rings. The van der Waals surface area contributed by atoms with Crippen LogP contribution in [0.25, 0.3) is 0 Å². The molecular weight excluding hydrogens is 264 g/mol. The van der Waals surface area contributed by atoms with Gasteiger partial charge in [0.2, 0.25) is 10.0 Å². The van der Waals surface area contributed by atoms with E-state index in [2.05, 4.69) is 5.32 Å². The average molecular weight is 290 g/mol. The van der Waals surface area contributed by atoms with Crippen molar-refractivity contribution in [2.75, 3.05) is 32.5 Å². The highest BCUT2D eigenvalue weighted by atomic mass is 32.2. The third-order valence-corrected chi connectivity index (χ3v) is 5.78. The number of hydrogen-bond acceptors (Lipinski definition) is 4. The molecule has 0 aromatic carbocycles. The van der Waals surface area contributed by atoms with Gasteiger partial charge in [-0.2, -0.15) is 0 Å². The predicted octanol–water partition coefficient (Wildman–Crippen LogP) is 0.409. The zero-order chi connectivity index (χ0) is 13.9. The second-order valence-electron chi connectivity index (χ2n) is 6.02. The van der Waals surface area contributed by atoms with Crippen molar-refractivity contribution in [2.24, 2.45) is 11.8 Å². The van der Waals surface area contributed by atoms with Crippen LogP contribution in [0.2, 0.25) is 0 Å². The van der Waals surface area contributed by atoms with Crippen LogP contribution in [0.3, 0.4) is 0 Å². The molecule has 3 unspecified atom stereocenters. The first-order chi connectivity index (χ1) is 9.00. The Balaban J connectivity index is 1.80. The van der Waals surface area contributed by atoms with Gasteiger partial charge in [0.1, 0.15) is 0 Å². The number of aliphatic hydroxyl groups is 1. The van der Waals surface area contributed by atoms with Crippen LogP contribution in [0.4, 0.5) is 0 Å². The fraction of sp³-hybridized carbons (Fsp3) is 1.00. The van der Waals surface area contributed by atoms with E-state index in [9.17, 15) is 13.5 Å². The van der Waals surface area contributed by atoms with Gasteiger partial charge in [0.05, 0.1) is 6.26 Å². The maximum atomic E-state index is 11.6. The van der Waals surface area contributed by atoms with Crippen LogP contribution in [-0.2, 0) is 10.0 Å². The molecule has 0 amide bonds. The van der Waals surface area contributed by atoms with E-state index >= 15 is 0 Å². The highest BCUT2D eigenvalue weighted by Gasteiger charge is 2.29. The zero-order valence-electron chi connectivity index (χ0n) is 11.7. The van der Waals surface area contributed by atoms with Gasteiger partial charge in [-0.3, -0.25) is 0 Å². The van der Waals surface area contributed by atoms with Crippen LogP contribution < -0.4 is 5.32 Å². The lowest BCUT2D eigenvalue weighted by atomic mass is 9.98. The Hall–Kier alpha value is -0.170. The minimum atomic E-state index is -3.05. The van der Waals surface area contributed by atoms with Crippen LogP contribution in [-0.4, -0.2) is 56.4 Å². The number of nitrogens with one attached hydrogen (secondary N) is 1. The standard InChI is InChI=1S/C13H26N2O3S/c1-19(17,18)15-7-3-4-11(9-15)8-14-13-6-2-5-12(13)10-16/h11-14,16H,2-10H2,1H3. The molecule has 0 spiro atoms. The van der Waals surface area contributed by atoms with Gasteiger partial charge in [0.25, 0.3) is 0 Å². The summed E-state index contributed by atoms with van der Waals surface area (Å²) in [5.41, 5.74) is 0. The van der Waals surface area contributed by atoms with E-state index < -0.39 is 10.0 Å². The van der Waals surface area contributed by atoms with Crippen LogP contribution in [0.5, 0.6) is 0 Å². The van der Waals surface area contributed by atoms with Crippen molar-refractivity contribution < 1.29 is 13.5 Å². The summed E-state index contributed by atoms with van der Waals surface area (Å²) >= 11 is 0. The number of piperidine rings is 1. The molecule has 2 N–H and O–H groups in total. The minimum Gasteiger partial charge on any atom is -0.396 e. The van der Waals surface area contributed by atoms with E-state index in [1.807, 2.05) is 0 Å². The van der Waals surface area contributed by atoms with Gasteiger partial charge in [0.15, 0.2) is 0 Å². The number of sulfonamides is 1. The summed E-state index contributed by atoms with van der Waals surface area (Å²) in [5, 5.41) is 12.8. The van der Waals surface area contributed by atoms with Crippen LogP contribution in [0, 0.1) is 11.8 Å². The number of rotatable bonds is 5. The third kappa shape index (κ3) is 4.15. The first-order valence-corrected chi connectivity index (χ1v) is 9.15. The molecule has 0 radical (unpaired) electrons. The normalized spacial score (nSPS) is 33.7. The predicted molar refractivity (Wildman–Crippen MR) is 75.4 cm³/mol. The van der Waals surface area contributed by atoms with Crippen molar-refractivity contribution in [3.8, 4) is 0 Å². The quantitative estimate of drug-likeness (QED) is 0.769. The highest BCUT2D eigenvalue weighted by molar-refractivity contribution is 7.88. The first kappa shape index (κ1) is 15.2. The molecule has 1 heterocycles. The molecule has 5 nitrogen and oxygen atoms in total. The van der Waals surface area contributed by atoms with Crippen molar-refractivity contribution in [2.45, 2.75) is 38.1 Å². The van der Waals surface area contributed by atoms with E-state index in [4.69, 9.17) is 0 Å². The first-order valence-electron chi connectivity index (χ1n) is 7.30. The van der Waals surface area contributed by atoms with E-state index in [1.54, 1.807) is 4.31 Å². The molecule has 112 valence electrons. The van der Waals surface area contributed by atoms with Crippen molar-refractivity contribution in [3.63, 3.8) is 0 Å². The number of hydrogen-bond donors (Lipinski definition) is 2. The SMILES string of the molecule is CS(=O)(=O)N1CCCC(CNC2CCCC2CO)C1. The molecule has 1 saturated carbocycles. The summed E-state index contributed by atoms with van der Waals surface area (Å²) in [6, 6.07) is 0.415. The van der Waals surface area contributed by atoms with Gasteiger partial charge in [-0.25, -0.2) is 12.7 Å². The second-order valence-corrected chi connectivity index (χ2v) is 8.00. The fourth-order valence-corrected chi connectivity index (χ4v) is 4.28. The summed E-state index contributed by atoms with van der Waals surface area (Å²) in [7, 11) is -3.05. The van der Waals surface area contributed by atoms with Crippen molar-refractivity contribution in [1.29, 1.82) is 0 Å². The Morgan fingerprint density at radius 2 is 2.05 bits per heavy atom. The molecule has 19 heavy (non-hydrogen) atoms. The molecule has 2 rings (SSSR count). The molecule has 6 heteroatoms. The van der Waals surface area contributed by atoms with Gasteiger partial charge >= 0.3 is 0 Å². The molecular formula is C13H26N2O3S. The summed E-state index contributed by atoms with van der Waals surface area (Å²) in [4.78, 5) is 0. The molecule has 0 aromatic heterocycles. The monoisotopic (exact) mass is 290 g/mol. The van der Waals surface area contributed by atoms with E-state index in [0.29, 0.717) is 31.0 Å². The summed E-state index contributed by atoms with van der Waals surface area (Å²) in [5.74, 6) is 0.790. The lowest BCUT2D eigenvalue weighted by Crippen LogP contribution is -2.44. The molecule has 3 atom stereocenters. The Morgan fingerprint density at radius 3 is 2.74 bits per heavy atom. The van der Waals surface area contributed by atoms with Crippen molar-refractivity contribution in [3.05, 3.63) is 0 Å². The number of aliphatic hydroxyl groups excluding tert-OH is 1. The summed E-state index contributed by atoms with van der Waals surface area (Å²) < 4.78 is 24.7. The van der Waals surface area contributed by atoms with Gasteiger partial charge < -0.3 is 10.4 Å². The maximum absolute atomic E-state index is 11.6. The van der Waals surface area contributed by atoms with Crippen LogP contribution in [0.1, 0.15) is 32.1 Å². The summed E-state index contributed by atoms with van der Waals surface area (Å²) in [6.45, 7) is 2.44. The van der Waals surface area contributed by atoms with Crippen molar-refractivity contribution in [1.82, 2.24) is 9.62 Å². The minimum absolute atomic E-state index is 0.262. The summed E-state index contributed by atoms with van der Waals surface area (Å²) in [6.07, 6.45) is 6.76. The lowest BCUT2D eigenvalue weighted by Gasteiger charge is -2.32. The van der Waals surface area contributed by atoms with Crippen molar-refractivity contribution >= 4 is 10.0 Å². The van der Waals surface area contributed by atoms with Gasteiger partial charge in [-0.05, 0) is 44.1 Å². The van der Waals surface area contributed by atoms with Gasteiger partial charge in [-0.15, -0.1) is 0 Å². The molecule has 1 saturated heterocycles. The van der Waals surface area contributed by atoms with E-state index in [1.165, 1.54) is 12.7 Å². The van der Waals surface area contributed by atoms with E-state index in [0.717, 1.165) is 32.2 Å². The molecule has 2 aliphatic rings. The molecule has 1 aliphatic heterocycles. The van der Waals surface area contributed by atoms with Crippen LogP contribution in [0.15, 0.2) is 0 Å². The zero-order valence-corrected chi connectivity index (χ0v) is 12.5. The Labute approximate surface area is 116 Å². The van der Waals surface area contributed by atoms with Crippen LogP contribution >= 0.6 is 0 Å². The average Bonchev–Trinajstić information content (AvgIpc) is 2.83. The Morgan fingerprint density at radius 1 is 1.26 bits per heavy atom. The fourth-order valence-electron chi connectivity index (χ4n) is 3.34. The Bertz CT molecular complexity index is 385. The Kier molecular flexibility index (Phi) is 5.22. The number of nitrogens with zero attached hydrogens (tertiary/aromatic N) is 1. The highest BCUT2D eigenvalue weighted by Crippen LogP contribution is 2.26. The largest absolute Gasteiger partial charge is 0.396 e. The smallest absolute Gasteiger partial charge is 0.211 e.